The Morgan fingerprint density at radius 3 is 2.76 bits per heavy atom. The van der Waals surface area contributed by atoms with E-state index in [2.05, 4.69) is 15.3 Å². The van der Waals surface area contributed by atoms with Crippen LogP contribution in [0.2, 0.25) is 0 Å². The van der Waals surface area contributed by atoms with Gasteiger partial charge in [0.2, 0.25) is 0 Å². The number of nitrogens with one attached hydrogen (secondary N) is 1. The minimum atomic E-state index is -0.0896. The maximum Gasteiger partial charge on any atom is 0.188 e. The molecule has 25 heavy (non-hydrogen) atoms. The van der Waals surface area contributed by atoms with Crippen molar-refractivity contribution in [3.05, 3.63) is 54.4 Å². The number of nitrogens with two attached hydrogens (primary N) is 1. The lowest BCUT2D eigenvalue weighted by Gasteiger charge is -2.14. The van der Waals surface area contributed by atoms with Gasteiger partial charge in [0, 0.05) is 30.9 Å². The van der Waals surface area contributed by atoms with Crippen molar-refractivity contribution in [2.45, 2.75) is 19.4 Å². The molecule has 1 aromatic carbocycles. The summed E-state index contributed by atoms with van der Waals surface area (Å²) in [5.74, 6) is 1.92. The van der Waals surface area contributed by atoms with E-state index in [4.69, 9.17) is 15.2 Å². The highest BCUT2D eigenvalue weighted by Gasteiger charge is 2.05. The molecule has 0 bridgehead atoms. The minimum absolute atomic E-state index is 0. The topological polar surface area (TPSA) is 81.8 Å². The van der Waals surface area contributed by atoms with Crippen LogP contribution in [0.4, 0.5) is 0 Å². The summed E-state index contributed by atoms with van der Waals surface area (Å²) in [5.41, 5.74) is 6.89. The lowest BCUT2D eigenvalue weighted by molar-refractivity contribution is 0.229. The Labute approximate surface area is 165 Å². The lowest BCUT2D eigenvalue weighted by atomic mass is 10.3. The summed E-state index contributed by atoms with van der Waals surface area (Å²) in [4.78, 5) is 8.56. The second-order valence-electron chi connectivity index (χ2n) is 5.33. The summed E-state index contributed by atoms with van der Waals surface area (Å²) < 4.78 is 11.0. The third-order valence-electron chi connectivity index (χ3n) is 3.31. The number of benzene rings is 1. The van der Waals surface area contributed by atoms with Crippen LogP contribution in [0.5, 0.6) is 11.5 Å². The van der Waals surface area contributed by atoms with Crippen molar-refractivity contribution in [3.8, 4) is 11.5 Å². The molecule has 2 aromatic rings. The van der Waals surface area contributed by atoms with Crippen molar-refractivity contribution in [1.82, 2.24) is 10.3 Å². The Kier molecular flexibility index (Phi) is 9.68. The highest BCUT2D eigenvalue weighted by Crippen LogP contribution is 2.19. The predicted molar refractivity (Wildman–Crippen MR) is 111 cm³/mol. The van der Waals surface area contributed by atoms with Crippen LogP contribution in [0.1, 0.15) is 12.6 Å². The molecule has 3 N–H and O–H groups in total. The molecule has 0 radical (unpaired) electrons. The Hall–Kier alpha value is -2.03. The first-order valence-corrected chi connectivity index (χ1v) is 7.92. The molecule has 6 nitrogen and oxygen atoms in total. The quantitative estimate of drug-likeness (QED) is 0.363. The van der Waals surface area contributed by atoms with Crippen LogP contribution in [0.15, 0.2) is 53.7 Å². The zero-order valence-electron chi connectivity index (χ0n) is 14.5. The standard InChI is InChI=1S/C18H24N4O2.HI/c1-14(24-17-8-5-7-16(12-17)23-2)13-22-18(19)21-11-9-15-6-3-4-10-20-15;/h3-8,10,12,14H,9,11,13H2,1-2H3,(H3,19,21,22);1H. The van der Waals surface area contributed by atoms with E-state index in [1.807, 2.05) is 49.4 Å². The van der Waals surface area contributed by atoms with Gasteiger partial charge in [-0.15, -0.1) is 24.0 Å². The van der Waals surface area contributed by atoms with Crippen LogP contribution in [0, 0.1) is 0 Å². The van der Waals surface area contributed by atoms with E-state index in [-0.39, 0.29) is 30.1 Å². The van der Waals surface area contributed by atoms with Gasteiger partial charge in [-0.3, -0.25) is 4.98 Å². The second-order valence-corrected chi connectivity index (χ2v) is 5.33. The van der Waals surface area contributed by atoms with Crippen molar-refractivity contribution in [2.24, 2.45) is 10.7 Å². The molecule has 1 heterocycles. The smallest absolute Gasteiger partial charge is 0.188 e. The molecule has 2 rings (SSSR count). The van der Waals surface area contributed by atoms with Crippen molar-refractivity contribution >= 4 is 29.9 Å². The van der Waals surface area contributed by atoms with E-state index < -0.39 is 0 Å². The fraction of sp³-hybridized carbons (Fsp3) is 0.333. The van der Waals surface area contributed by atoms with Crippen LogP contribution in [0.3, 0.4) is 0 Å². The highest BCUT2D eigenvalue weighted by atomic mass is 127. The predicted octanol–water partition coefficient (Wildman–Crippen LogP) is 2.62. The Bertz CT molecular complexity index is 653. The number of guanidine groups is 1. The molecule has 136 valence electrons. The second kappa shape index (κ2) is 11.5. The average molecular weight is 456 g/mol. The van der Waals surface area contributed by atoms with E-state index in [9.17, 15) is 0 Å². The summed E-state index contributed by atoms with van der Waals surface area (Å²) in [6.07, 6.45) is 2.49. The number of aromatic nitrogens is 1. The van der Waals surface area contributed by atoms with E-state index >= 15 is 0 Å². The van der Waals surface area contributed by atoms with Gasteiger partial charge in [0.25, 0.3) is 0 Å². The molecule has 0 saturated heterocycles. The fourth-order valence-corrected chi connectivity index (χ4v) is 2.09. The van der Waals surface area contributed by atoms with Gasteiger partial charge < -0.3 is 20.5 Å². The largest absolute Gasteiger partial charge is 0.497 e. The molecule has 0 fully saturated rings. The lowest BCUT2D eigenvalue weighted by Crippen LogP contribution is -2.34. The van der Waals surface area contributed by atoms with E-state index in [0.29, 0.717) is 19.0 Å². The number of methoxy groups -OCH3 is 1. The Morgan fingerprint density at radius 1 is 1.24 bits per heavy atom. The molecule has 1 unspecified atom stereocenters. The zero-order chi connectivity index (χ0) is 17.2. The molecule has 1 atom stereocenters. The SMILES string of the molecule is COc1cccc(OC(C)CN=C(N)NCCc2ccccn2)c1.I. The number of rotatable bonds is 8. The van der Waals surface area contributed by atoms with Gasteiger partial charge in [0.1, 0.15) is 17.6 Å². The summed E-state index contributed by atoms with van der Waals surface area (Å²) >= 11 is 0. The van der Waals surface area contributed by atoms with Gasteiger partial charge in [0.05, 0.1) is 13.7 Å². The Morgan fingerprint density at radius 2 is 2.04 bits per heavy atom. The van der Waals surface area contributed by atoms with E-state index in [1.54, 1.807) is 13.3 Å². The van der Waals surface area contributed by atoms with Crippen LogP contribution in [-0.4, -0.2) is 37.2 Å². The number of hydrogen-bond acceptors (Lipinski definition) is 4. The summed E-state index contributed by atoms with van der Waals surface area (Å²) in [5, 5.41) is 3.08. The molecule has 0 spiro atoms. The molecule has 0 amide bonds. The summed E-state index contributed by atoms with van der Waals surface area (Å²) in [7, 11) is 1.63. The number of nitrogens with zero attached hydrogens (tertiary/aromatic N) is 2. The van der Waals surface area contributed by atoms with E-state index in [0.717, 1.165) is 23.6 Å². The maximum atomic E-state index is 5.87. The van der Waals surface area contributed by atoms with Crippen molar-refractivity contribution < 1.29 is 9.47 Å². The third kappa shape index (κ3) is 8.06. The monoisotopic (exact) mass is 456 g/mol. The van der Waals surface area contributed by atoms with Gasteiger partial charge in [-0.2, -0.15) is 0 Å². The van der Waals surface area contributed by atoms with Crippen molar-refractivity contribution in [2.75, 3.05) is 20.2 Å². The number of hydrogen-bond donors (Lipinski definition) is 2. The Balaban J connectivity index is 0.00000312. The van der Waals surface area contributed by atoms with Gasteiger partial charge in [-0.1, -0.05) is 12.1 Å². The molecule has 0 aliphatic heterocycles. The van der Waals surface area contributed by atoms with Crippen molar-refractivity contribution in [3.63, 3.8) is 0 Å². The van der Waals surface area contributed by atoms with Crippen LogP contribution < -0.4 is 20.5 Å². The zero-order valence-corrected chi connectivity index (χ0v) is 16.8. The van der Waals surface area contributed by atoms with Gasteiger partial charge in [-0.05, 0) is 31.2 Å². The minimum Gasteiger partial charge on any atom is -0.497 e. The average Bonchev–Trinajstić information content (AvgIpc) is 2.61. The first kappa shape index (κ1) is 21.0. The molecule has 0 aliphatic carbocycles. The molecular weight excluding hydrogens is 431 g/mol. The third-order valence-corrected chi connectivity index (χ3v) is 3.31. The number of ether oxygens (including phenoxy) is 2. The first-order chi connectivity index (χ1) is 11.7. The number of pyridine rings is 1. The first-order valence-electron chi connectivity index (χ1n) is 7.92. The van der Waals surface area contributed by atoms with Crippen LogP contribution >= 0.6 is 24.0 Å². The molecule has 7 heteroatoms. The molecule has 0 saturated carbocycles. The molecule has 1 aromatic heterocycles. The highest BCUT2D eigenvalue weighted by molar-refractivity contribution is 14.0. The van der Waals surface area contributed by atoms with Crippen LogP contribution in [-0.2, 0) is 6.42 Å². The van der Waals surface area contributed by atoms with E-state index in [1.165, 1.54) is 0 Å². The number of halogens is 1. The summed E-state index contributed by atoms with van der Waals surface area (Å²) in [6, 6.07) is 13.3. The normalized spacial score (nSPS) is 12.0. The molecular formula is C18H25IN4O2. The molecule has 0 aliphatic rings. The van der Waals surface area contributed by atoms with Gasteiger partial charge in [-0.25, -0.2) is 4.99 Å². The maximum absolute atomic E-state index is 5.87. The van der Waals surface area contributed by atoms with Gasteiger partial charge in [0.15, 0.2) is 5.96 Å². The fourth-order valence-electron chi connectivity index (χ4n) is 2.09. The van der Waals surface area contributed by atoms with Crippen molar-refractivity contribution in [1.29, 1.82) is 0 Å². The summed E-state index contributed by atoms with van der Waals surface area (Å²) in [6.45, 7) is 3.11. The number of aliphatic imine (C=N–C) groups is 1. The van der Waals surface area contributed by atoms with Crippen LogP contribution in [0.25, 0.3) is 0 Å². The van der Waals surface area contributed by atoms with Gasteiger partial charge >= 0.3 is 0 Å².